The number of carbonyl (C=O) groups excluding carboxylic acids is 1. The lowest BCUT2D eigenvalue weighted by Crippen LogP contribution is -2.31. The summed E-state index contributed by atoms with van der Waals surface area (Å²) in [4.78, 5) is 18.5. The molecule has 0 amide bonds. The van der Waals surface area contributed by atoms with Crippen LogP contribution in [0.15, 0.2) is 12.3 Å². The minimum atomic E-state index is -0.0990. The highest BCUT2D eigenvalue weighted by Gasteiger charge is 2.32. The number of nitrogen functional groups attached to an aromatic ring is 1. The number of H-pyrrole nitrogens is 1. The molecule has 0 aromatic carbocycles. The summed E-state index contributed by atoms with van der Waals surface area (Å²) in [6.45, 7) is 1.71. The first-order chi connectivity index (χ1) is 10.6. The van der Waals surface area contributed by atoms with Gasteiger partial charge in [-0.25, -0.2) is 4.68 Å². The summed E-state index contributed by atoms with van der Waals surface area (Å²) in [6, 6.07) is 2.03. The zero-order chi connectivity index (χ0) is 15.3. The van der Waals surface area contributed by atoms with Crippen LogP contribution in [0, 0.1) is 0 Å². The fourth-order valence-corrected chi connectivity index (χ4v) is 3.76. The van der Waals surface area contributed by atoms with Crippen LogP contribution in [0.25, 0.3) is 0 Å². The van der Waals surface area contributed by atoms with Gasteiger partial charge in [0.05, 0.1) is 11.6 Å². The van der Waals surface area contributed by atoms with E-state index in [0.29, 0.717) is 5.82 Å². The van der Waals surface area contributed by atoms with Gasteiger partial charge in [0, 0.05) is 37.0 Å². The Hall–Kier alpha value is -2.08. The second kappa shape index (κ2) is 4.98. The summed E-state index contributed by atoms with van der Waals surface area (Å²) in [5, 5.41) is 4.37. The normalized spacial score (nSPS) is 21.4. The number of nitrogens with two attached hydrogens (primary N) is 1. The maximum Gasteiger partial charge on any atom is 0.254 e. The fraction of sp³-hybridized carbons (Fsp3) is 0.500. The number of carbonyl (C=O) groups is 1. The maximum absolute atomic E-state index is 13.0. The minimum absolute atomic E-state index is 0.0676. The van der Waals surface area contributed by atoms with E-state index in [9.17, 15) is 4.79 Å². The second-order valence-corrected chi connectivity index (χ2v) is 6.40. The minimum Gasteiger partial charge on any atom is -0.382 e. The number of likely N-dealkylation sites (N-methyl/N-ethyl adjacent to an activating group) is 1. The largest absolute Gasteiger partial charge is 0.382 e. The van der Waals surface area contributed by atoms with Crippen LogP contribution < -0.4 is 5.73 Å². The number of nitrogens with one attached hydrogen (secondary N) is 1. The first kappa shape index (κ1) is 13.6. The second-order valence-electron chi connectivity index (χ2n) is 6.40. The SMILES string of the molecule is CN1CCc2c(c(N)nn2C(=O)C2CCCc3[nH]ccc32)C1. The van der Waals surface area contributed by atoms with Crippen molar-refractivity contribution >= 4 is 11.7 Å². The third-order valence-corrected chi connectivity index (χ3v) is 4.95. The van der Waals surface area contributed by atoms with Gasteiger partial charge in [0.1, 0.15) is 0 Å². The summed E-state index contributed by atoms with van der Waals surface area (Å²) in [7, 11) is 2.06. The molecule has 0 saturated heterocycles. The van der Waals surface area contributed by atoms with E-state index in [-0.39, 0.29) is 11.8 Å². The molecule has 2 aromatic heterocycles. The Bertz CT molecular complexity index is 729. The van der Waals surface area contributed by atoms with Gasteiger partial charge in [0.15, 0.2) is 5.82 Å². The maximum atomic E-state index is 13.0. The molecule has 0 fully saturated rings. The zero-order valence-electron chi connectivity index (χ0n) is 12.8. The van der Waals surface area contributed by atoms with E-state index >= 15 is 0 Å². The quantitative estimate of drug-likeness (QED) is 0.837. The third-order valence-electron chi connectivity index (χ3n) is 4.95. The molecule has 6 heteroatoms. The topological polar surface area (TPSA) is 79.9 Å². The highest BCUT2D eigenvalue weighted by Crippen LogP contribution is 2.33. The Balaban J connectivity index is 1.72. The number of nitrogens with zero attached hydrogens (tertiary/aromatic N) is 3. The van der Waals surface area contributed by atoms with Gasteiger partial charge in [0.25, 0.3) is 5.91 Å². The van der Waals surface area contributed by atoms with Crippen molar-refractivity contribution in [2.45, 2.75) is 38.1 Å². The highest BCUT2D eigenvalue weighted by atomic mass is 16.2. The van der Waals surface area contributed by atoms with Crippen molar-refractivity contribution in [3.8, 4) is 0 Å². The van der Waals surface area contributed by atoms with Crippen molar-refractivity contribution < 1.29 is 4.79 Å². The van der Waals surface area contributed by atoms with Gasteiger partial charge in [-0.1, -0.05) is 0 Å². The lowest BCUT2D eigenvalue weighted by Gasteiger charge is -2.25. The first-order valence-electron chi connectivity index (χ1n) is 7.90. The summed E-state index contributed by atoms with van der Waals surface area (Å²) in [6.07, 6.45) is 5.70. The van der Waals surface area contributed by atoms with Crippen molar-refractivity contribution in [2.24, 2.45) is 0 Å². The number of aryl methyl sites for hydroxylation is 1. The predicted octanol–water partition coefficient (Wildman–Crippen LogP) is 1.54. The Kier molecular flexibility index (Phi) is 3.07. The van der Waals surface area contributed by atoms with E-state index in [2.05, 4.69) is 22.0 Å². The average molecular weight is 299 g/mol. The van der Waals surface area contributed by atoms with Crippen LogP contribution in [0.3, 0.4) is 0 Å². The van der Waals surface area contributed by atoms with Crippen molar-refractivity contribution in [1.82, 2.24) is 19.7 Å². The molecule has 2 aliphatic rings. The van der Waals surface area contributed by atoms with Gasteiger partial charge in [0.2, 0.25) is 0 Å². The number of aromatic amines is 1. The third kappa shape index (κ3) is 1.98. The number of aromatic nitrogens is 3. The van der Waals surface area contributed by atoms with E-state index in [0.717, 1.165) is 55.6 Å². The molecule has 3 N–H and O–H groups in total. The van der Waals surface area contributed by atoms with E-state index in [1.54, 1.807) is 4.68 Å². The van der Waals surface area contributed by atoms with Crippen molar-refractivity contribution in [3.05, 3.63) is 34.8 Å². The summed E-state index contributed by atoms with van der Waals surface area (Å²) in [5.74, 6) is 0.469. The fourth-order valence-electron chi connectivity index (χ4n) is 3.76. The van der Waals surface area contributed by atoms with Gasteiger partial charge >= 0.3 is 0 Å². The number of fused-ring (bicyclic) bond motifs is 2. The van der Waals surface area contributed by atoms with E-state index in [1.807, 2.05) is 12.3 Å². The smallest absolute Gasteiger partial charge is 0.254 e. The van der Waals surface area contributed by atoms with Crippen LogP contribution in [0.4, 0.5) is 5.82 Å². The molecule has 0 spiro atoms. The summed E-state index contributed by atoms with van der Waals surface area (Å²) < 4.78 is 1.59. The van der Waals surface area contributed by atoms with Crippen LogP contribution in [-0.4, -0.2) is 39.2 Å². The molecule has 4 rings (SSSR count). The molecule has 0 bridgehead atoms. The Morgan fingerprint density at radius 2 is 2.32 bits per heavy atom. The first-order valence-corrected chi connectivity index (χ1v) is 7.90. The Morgan fingerprint density at radius 1 is 1.45 bits per heavy atom. The van der Waals surface area contributed by atoms with Crippen LogP contribution >= 0.6 is 0 Å². The molecule has 3 heterocycles. The number of hydrogen-bond donors (Lipinski definition) is 2. The molecule has 0 radical (unpaired) electrons. The molecule has 6 nitrogen and oxygen atoms in total. The molecule has 0 saturated carbocycles. The van der Waals surface area contributed by atoms with Crippen LogP contribution in [0.1, 0.15) is 46.1 Å². The molecule has 1 unspecified atom stereocenters. The van der Waals surface area contributed by atoms with Crippen LogP contribution in [0.2, 0.25) is 0 Å². The van der Waals surface area contributed by atoms with E-state index < -0.39 is 0 Å². The lowest BCUT2D eigenvalue weighted by atomic mass is 9.86. The van der Waals surface area contributed by atoms with Crippen LogP contribution in [0.5, 0.6) is 0 Å². The predicted molar refractivity (Wildman–Crippen MR) is 83.8 cm³/mol. The summed E-state index contributed by atoms with van der Waals surface area (Å²) >= 11 is 0. The van der Waals surface area contributed by atoms with Crippen LogP contribution in [-0.2, 0) is 19.4 Å². The van der Waals surface area contributed by atoms with Gasteiger partial charge in [-0.05, 0) is 37.9 Å². The standard InChI is InChI=1S/C16H21N5O/c1-20-8-6-14-12(9-20)15(17)19-21(14)16(22)11-3-2-4-13-10(11)5-7-18-13/h5,7,11,18H,2-4,6,8-9H2,1H3,(H2,17,19). The molecule has 1 aliphatic heterocycles. The summed E-state index contributed by atoms with van der Waals surface area (Å²) in [5.41, 5.74) is 10.4. The van der Waals surface area contributed by atoms with Gasteiger partial charge in [-0.15, -0.1) is 5.10 Å². The van der Waals surface area contributed by atoms with Gasteiger partial charge in [-0.2, -0.15) is 0 Å². The Morgan fingerprint density at radius 3 is 3.18 bits per heavy atom. The van der Waals surface area contributed by atoms with Gasteiger partial charge < -0.3 is 15.6 Å². The van der Waals surface area contributed by atoms with Gasteiger partial charge in [-0.3, -0.25) is 4.79 Å². The number of rotatable bonds is 1. The molecule has 22 heavy (non-hydrogen) atoms. The molecule has 1 atom stereocenters. The van der Waals surface area contributed by atoms with Crippen molar-refractivity contribution in [2.75, 3.05) is 19.3 Å². The van der Waals surface area contributed by atoms with Crippen molar-refractivity contribution in [3.63, 3.8) is 0 Å². The monoisotopic (exact) mass is 299 g/mol. The molecular weight excluding hydrogens is 278 g/mol. The molecule has 2 aromatic rings. The lowest BCUT2D eigenvalue weighted by molar-refractivity contribution is 0.0846. The Labute approximate surface area is 129 Å². The van der Waals surface area contributed by atoms with E-state index in [4.69, 9.17) is 5.73 Å². The number of anilines is 1. The highest BCUT2D eigenvalue weighted by molar-refractivity contribution is 5.87. The average Bonchev–Trinajstić information content (AvgIpc) is 3.11. The van der Waals surface area contributed by atoms with Crippen molar-refractivity contribution in [1.29, 1.82) is 0 Å². The molecular formula is C16H21N5O. The number of hydrogen-bond acceptors (Lipinski definition) is 4. The zero-order valence-corrected chi connectivity index (χ0v) is 12.8. The van der Waals surface area contributed by atoms with E-state index in [1.165, 1.54) is 5.69 Å². The molecule has 116 valence electrons. The molecule has 1 aliphatic carbocycles.